The fourth-order valence-corrected chi connectivity index (χ4v) is 3.70. The molecule has 6 heteroatoms. The van der Waals surface area contributed by atoms with Gasteiger partial charge in [-0.3, -0.25) is 4.79 Å². The Morgan fingerprint density at radius 3 is 2.65 bits per heavy atom. The maximum atomic E-state index is 13.1. The van der Waals surface area contributed by atoms with Gasteiger partial charge in [-0.05, 0) is 50.0 Å². The topological polar surface area (TPSA) is 44.4 Å². The number of amides is 1. The lowest BCUT2D eigenvalue weighted by Crippen LogP contribution is -2.48. The van der Waals surface area contributed by atoms with Crippen LogP contribution < -0.4 is 10.6 Å². The molecule has 1 unspecified atom stereocenters. The number of hydrogen-bond acceptors (Lipinski definition) is 2. The van der Waals surface area contributed by atoms with E-state index in [0.717, 1.165) is 37.2 Å². The Bertz CT molecular complexity index is 668. The highest BCUT2D eigenvalue weighted by atomic mass is 35.5. The van der Waals surface area contributed by atoms with E-state index < -0.39 is 0 Å². The normalized spacial score (nSPS) is 21.7. The fourth-order valence-electron chi connectivity index (χ4n) is 3.19. The van der Waals surface area contributed by atoms with Gasteiger partial charge in [0.15, 0.2) is 5.11 Å². The van der Waals surface area contributed by atoms with E-state index in [9.17, 15) is 4.79 Å². The summed E-state index contributed by atoms with van der Waals surface area (Å²) >= 11 is 11.6. The maximum Gasteiger partial charge on any atom is 0.253 e. The molecule has 2 heterocycles. The summed E-state index contributed by atoms with van der Waals surface area (Å²) in [7, 11) is 0. The van der Waals surface area contributed by atoms with Gasteiger partial charge in [-0.25, -0.2) is 0 Å². The predicted molar refractivity (Wildman–Crippen MR) is 96.2 cm³/mol. The molecule has 0 saturated carbocycles. The Morgan fingerprint density at radius 1 is 1.26 bits per heavy atom. The van der Waals surface area contributed by atoms with Crippen LogP contribution in [0.25, 0.3) is 0 Å². The smallest absolute Gasteiger partial charge is 0.253 e. The largest absolute Gasteiger partial charge is 0.351 e. The molecular weight excluding hydrogens is 330 g/mol. The summed E-state index contributed by atoms with van der Waals surface area (Å²) in [6.07, 6.45) is 3.32. The number of nitrogens with zero attached hydrogens (tertiary/aromatic N) is 1. The van der Waals surface area contributed by atoms with Gasteiger partial charge >= 0.3 is 0 Å². The van der Waals surface area contributed by atoms with Crippen LogP contribution in [0.2, 0.25) is 5.02 Å². The van der Waals surface area contributed by atoms with Crippen LogP contribution in [0.1, 0.15) is 37.8 Å². The first-order valence-electron chi connectivity index (χ1n) is 7.90. The third kappa shape index (κ3) is 3.35. The third-order valence-corrected chi connectivity index (χ3v) is 4.92. The zero-order valence-corrected chi connectivity index (χ0v) is 14.6. The van der Waals surface area contributed by atoms with Crippen LogP contribution >= 0.6 is 23.8 Å². The highest BCUT2D eigenvalue weighted by Gasteiger charge is 2.33. The van der Waals surface area contributed by atoms with Crippen molar-refractivity contribution in [1.82, 2.24) is 15.5 Å². The predicted octanol–water partition coefficient (Wildman–Crippen LogP) is 3.15. The lowest BCUT2D eigenvalue weighted by molar-refractivity contribution is -0.128. The van der Waals surface area contributed by atoms with Crippen LogP contribution in [0.5, 0.6) is 0 Å². The number of nitrogens with one attached hydrogen (secondary N) is 2. The molecule has 122 valence electrons. The van der Waals surface area contributed by atoms with Gasteiger partial charge in [0.25, 0.3) is 5.91 Å². The lowest BCUT2D eigenvalue weighted by Gasteiger charge is -2.35. The SMILES string of the molecule is CC1=C(C(=O)N2CCCCC2)C(c2ccccc2Cl)NC(=S)N1. The van der Waals surface area contributed by atoms with Crippen LogP contribution in [0, 0.1) is 0 Å². The number of piperidine rings is 1. The van der Waals surface area contributed by atoms with Crippen molar-refractivity contribution in [2.24, 2.45) is 0 Å². The van der Waals surface area contributed by atoms with Crippen molar-refractivity contribution >= 4 is 34.8 Å². The minimum atomic E-state index is -0.313. The summed E-state index contributed by atoms with van der Waals surface area (Å²) in [6, 6.07) is 7.26. The molecule has 0 bridgehead atoms. The fraction of sp³-hybridized carbons (Fsp3) is 0.412. The minimum absolute atomic E-state index is 0.0645. The number of rotatable bonds is 2. The number of benzene rings is 1. The van der Waals surface area contributed by atoms with Crippen molar-refractivity contribution in [3.63, 3.8) is 0 Å². The molecule has 2 N–H and O–H groups in total. The Balaban J connectivity index is 1.99. The Kier molecular flexibility index (Phi) is 4.87. The van der Waals surface area contributed by atoms with E-state index in [1.165, 1.54) is 6.42 Å². The molecule has 4 nitrogen and oxygen atoms in total. The highest BCUT2D eigenvalue weighted by molar-refractivity contribution is 7.80. The summed E-state index contributed by atoms with van der Waals surface area (Å²) in [5.41, 5.74) is 2.38. The molecule has 1 aromatic carbocycles. The third-order valence-electron chi connectivity index (χ3n) is 4.36. The zero-order valence-electron chi connectivity index (χ0n) is 13.1. The first-order chi connectivity index (χ1) is 11.1. The van der Waals surface area contributed by atoms with Crippen molar-refractivity contribution in [2.45, 2.75) is 32.2 Å². The molecule has 0 radical (unpaired) electrons. The van der Waals surface area contributed by atoms with Crippen molar-refractivity contribution in [2.75, 3.05) is 13.1 Å². The summed E-state index contributed by atoms with van der Waals surface area (Å²) in [4.78, 5) is 15.0. The van der Waals surface area contributed by atoms with Crippen molar-refractivity contribution in [3.8, 4) is 0 Å². The Hall–Kier alpha value is -1.59. The lowest BCUT2D eigenvalue weighted by atomic mass is 9.94. The van der Waals surface area contributed by atoms with Crippen LogP contribution in [0.15, 0.2) is 35.5 Å². The van der Waals surface area contributed by atoms with Gasteiger partial charge < -0.3 is 15.5 Å². The minimum Gasteiger partial charge on any atom is -0.351 e. The molecule has 1 atom stereocenters. The molecule has 1 amide bonds. The van der Waals surface area contributed by atoms with Gasteiger partial charge in [0.05, 0.1) is 11.6 Å². The van der Waals surface area contributed by atoms with Crippen LogP contribution in [0.4, 0.5) is 0 Å². The molecule has 0 spiro atoms. The maximum absolute atomic E-state index is 13.1. The van der Waals surface area contributed by atoms with Crippen LogP contribution in [0.3, 0.4) is 0 Å². The van der Waals surface area contributed by atoms with Crippen molar-refractivity contribution in [3.05, 3.63) is 46.1 Å². The number of halogens is 1. The molecule has 1 saturated heterocycles. The van der Waals surface area contributed by atoms with E-state index >= 15 is 0 Å². The Labute approximate surface area is 146 Å². The second-order valence-electron chi connectivity index (χ2n) is 5.94. The van der Waals surface area contributed by atoms with E-state index in [2.05, 4.69) is 10.6 Å². The molecule has 1 aromatic rings. The highest BCUT2D eigenvalue weighted by Crippen LogP contribution is 2.32. The molecule has 0 aromatic heterocycles. The van der Waals surface area contributed by atoms with Gasteiger partial charge in [0.2, 0.25) is 0 Å². The second-order valence-corrected chi connectivity index (χ2v) is 6.76. The van der Waals surface area contributed by atoms with E-state index in [1.807, 2.05) is 36.1 Å². The number of thiocarbonyl (C=S) groups is 1. The van der Waals surface area contributed by atoms with E-state index in [-0.39, 0.29) is 11.9 Å². The van der Waals surface area contributed by atoms with E-state index in [1.54, 1.807) is 0 Å². The average molecular weight is 350 g/mol. The van der Waals surface area contributed by atoms with Gasteiger partial charge in [0.1, 0.15) is 0 Å². The average Bonchev–Trinajstić information content (AvgIpc) is 2.55. The quantitative estimate of drug-likeness (QED) is 0.805. The molecule has 1 fully saturated rings. The van der Waals surface area contributed by atoms with Crippen molar-refractivity contribution in [1.29, 1.82) is 0 Å². The van der Waals surface area contributed by atoms with Gasteiger partial charge in [0, 0.05) is 23.8 Å². The number of carbonyl (C=O) groups excluding carboxylic acids is 1. The zero-order chi connectivity index (χ0) is 16.4. The molecule has 23 heavy (non-hydrogen) atoms. The number of carbonyl (C=O) groups is 1. The molecule has 3 rings (SSSR count). The molecule has 2 aliphatic rings. The number of allylic oxidation sites excluding steroid dienone is 1. The summed E-state index contributed by atoms with van der Waals surface area (Å²) in [5.74, 6) is 0.0645. The summed E-state index contributed by atoms with van der Waals surface area (Å²) in [6.45, 7) is 3.53. The van der Waals surface area contributed by atoms with Crippen LogP contribution in [-0.4, -0.2) is 29.0 Å². The van der Waals surface area contributed by atoms with Gasteiger partial charge in [-0.1, -0.05) is 29.8 Å². The number of hydrogen-bond donors (Lipinski definition) is 2. The number of likely N-dealkylation sites (tertiary alicyclic amines) is 1. The molecular formula is C17H20ClN3OS. The summed E-state index contributed by atoms with van der Waals surface area (Å²) < 4.78 is 0. The first-order valence-corrected chi connectivity index (χ1v) is 8.68. The molecule has 0 aliphatic carbocycles. The van der Waals surface area contributed by atoms with Crippen molar-refractivity contribution < 1.29 is 4.79 Å². The van der Waals surface area contributed by atoms with E-state index in [0.29, 0.717) is 15.7 Å². The molecule has 2 aliphatic heterocycles. The second kappa shape index (κ2) is 6.89. The van der Waals surface area contributed by atoms with Gasteiger partial charge in [-0.15, -0.1) is 0 Å². The van der Waals surface area contributed by atoms with Gasteiger partial charge in [-0.2, -0.15) is 0 Å². The van der Waals surface area contributed by atoms with E-state index in [4.69, 9.17) is 23.8 Å². The monoisotopic (exact) mass is 349 g/mol. The van der Waals surface area contributed by atoms with Crippen LogP contribution in [-0.2, 0) is 4.79 Å². The summed E-state index contributed by atoms with van der Waals surface area (Å²) in [5, 5.41) is 7.43. The first kappa shape index (κ1) is 16.3. The Morgan fingerprint density at radius 2 is 1.96 bits per heavy atom. The standard InChI is InChI=1S/C17H20ClN3OS/c1-11-14(16(22)21-9-5-2-6-10-21)15(20-17(23)19-11)12-7-3-4-8-13(12)18/h3-4,7-8,15H,2,5-6,9-10H2,1H3,(H2,19,20,23).